The molecule has 7 nitrogen and oxygen atoms in total. The van der Waals surface area contributed by atoms with Gasteiger partial charge in [0.05, 0.1) is 46.7 Å². The van der Waals surface area contributed by atoms with Crippen LogP contribution in [0.3, 0.4) is 0 Å². The Bertz CT molecular complexity index is 1350. The molecule has 0 aliphatic heterocycles. The highest BCUT2D eigenvalue weighted by molar-refractivity contribution is 6.74. The van der Waals surface area contributed by atoms with E-state index in [2.05, 4.69) is 50.3 Å². The molecule has 2 aromatic heterocycles. The summed E-state index contributed by atoms with van der Waals surface area (Å²) in [5, 5.41) is 16.9. The van der Waals surface area contributed by atoms with Crippen molar-refractivity contribution >= 4 is 25.1 Å². The highest BCUT2D eigenvalue weighted by atomic mass is 28.4. The van der Waals surface area contributed by atoms with Gasteiger partial charge in [0.1, 0.15) is 0 Å². The van der Waals surface area contributed by atoms with Crippen LogP contribution in [-0.4, -0.2) is 41.0 Å². The van der Waals surface area contributed by atoms with Crippen LogP contribution < -0.4 is 5.32 Å². The van der Waals surface area contributed by atoms with E-state index in [-0.39, 0.29) is 5.04 Å². The first-order valence-electron chi connectivity index (χ1n) is 12.6. The van der Waals surface area contributed by atoms with Crippen LogP contribution in [-0.2, 0) is 14.8 Å². The first kappa shape index (κ1) is 29.4. The monoisotopic (exact) mass is 541 g/mol. The number of carbonyl (C=O) groups is 1. The van der Waals surface area contributed by atoms with E-state index in [1.54, 1.807) is 42.2 Å². The molecule has 0 aliphatic rings. The predicted molar refractivity (Wildman–Crippen MR) is 146 cm³/mol. The molecule has 0 radical (unpaired) electrons. The van der Waals surface area contributed by atoms with Crippen LogP contribution in [0.1, 0.15) is 71.3 Å². The van der Waals surface area contributed by atoms with Gasteiger partial charge in [0.15, 0.2) is 8.32 Å². The Morgan fingerprint density at radius 2 is 1.76 bits per heavy atom. The summed E-state index contributed by atoms with van der Waals surface area (Å²) in [5.41, 5.74) is 1.95. The van der Waals surface area contributed by atoms with Gasteiger partial charge < -0.3 is 9.74 Å². The Morgan fingerprint density at radius 3 is 2.29 bits per heavy atom. The summed E-state index contributed by atoms with van der Waals surface area (Å²) in [6.45, 7) is 17.1. The number of alkyl halides is 2. The standard InChI is InChI=1S/C28H37F2N5O2Si/c1-18(34-25(36)28(7,29)30)24(35-22-12-10-19(15-31)14-21(22)17-33-35)20-11-13-23(32-16-20)27(5,6)37-38(8,9)26(2,3)4/h10-14,16-18,24H,1-9H3,(H,34,36)/t18-,24-/m0/s1. The van der Waals surface area contributed by atoms with E-state index in [4.69, 9.17) is 9.41 Å². The zero-order chi connectivity index (χ0) is 28.7. The summed E-state index contributed by atoms with van der Waals surface area (Å²) in [7, 11) is -2.09. The van der Waals surface area contributed by atoms with Gasteiger partial charge in [-0.2, -0.15) is 19.1 Å². The Labute approximate surface area is 224 Å². The lowest BCUT2D eigenvalue weighted by molar-refractivity contribution is -0.143. The van der Waals surface area contributed by atoms with E-state index in [1.807, 2.05) is 26.0 Å². The molecule has 2 heterocycles. The summed E-state index contributed by atoms with van der Waals surface area (Å²) in [4.78, 5) is 16.9. The van der Waals surface area contributed by atoms with Crippen LogP contribution in [0.5, 0.6) is 0 Å². The van der Waals surface area contributed by atoms with Gasteiger partial charge in [0, 0.05) is 18.5 Å². The van der Waals surface area contributed by atoms with Gasteiger partial charge in [-0.3, -0.25) is 14.5 Å². The Kier molecular flexibility index (Phi) is 7.88. The summed E-state index contributed by atoms with van der Waals surface area (Å²) in [6.07, 6.45) is 3.30. The van der Waals surface area contributed by atoms with E-state index in [0.717, 1.165) is 11.1 Å². The molecular formula is C28H37F2N5O2Si. The molecule has 38 heavy (non-hydrogen) atoms. The third kappa shape index (κ3) is 6.10. The second-order valence-electron chi connectivity index (χ2n) is 11.9. The largest absolute Gasteiger partial charge is 0.406 e. The fourth-order valence-electron chi connectivity index (χ4n) is 4.18. The van der Waals surface area contributed by atoms with Crippen molar-refractivity contribution in [1.29, 1.82) is 5.26 Å². The van der Waals surface area contributed by atoms with Gasteiger partial charge in [0.2, 0.25) is 0 Å². The summed E-state index contributed by atoms with van der Waals surface area (Å²) in [5.74, 6) is -4.90. The van der Waals surface area contributed by atoms with Crippen molar-refractivity contribution in [2.24, 2.45) is 0 Å². The summed E-state index contributed by atoms with van der Waals surface area (Å²) in [6, 6.07) is 9.59. The van der Waals surface area contributed by atoms with Crippen molar-refractivity contribution in [3.8, 4) is 6.07 Å². The van der Waals surface area contributed by atoms with Crippen LogP contribution in [0.25, 0.3) is 10.9 Å². The molecule has 0 saturated carbocycles. The highest BCUT2D eigenvalue weighted by Gasteiger charge is 2.42. The number of amides is 1. The molecule has 0 fully saturated rings. The molecule has 0 unspecified atom stereocenters. The molecule has 1 aromatic carbocycles. The molecule has 0 aliphatic carbocycles. The number of benzene rings is 1. The molecule has 1 amide bonds. The lowest BCUT2D eigenvalue weighted by Crippen LogP contribution is -2.47. The lowest BCUT2D eigenvalue weighted by atomic mass is 9.98. The van der Waals surface area contributed by atoms with Gasteiger partial charge >= 0.3 is 5.92 Å². The predicted octanol–water partition coefficient (Wildman–Crippen LogP) is 6.31. The normalized spacial score (nSPS) is 14.7. The smallest absolute Gasteiger partial charge is 0.321 e. The first-order chi connectivity index (χ1) is 17.4. The van der Waals surface area contributed by atoms with E-state index in [0.29, 0.717) is 23.6 Å². The maximum Gasteiger partial charge on any atom is 0.321 e. The van der Waals surface area contributed by atoms with Crippen molar-refractivity contribution in [2.75, 3.05) is 0 Å². The lowest BCUT2D eigenvalue weighted by Gasteiger charge is -2.42. The zero-order valence-electron chi connectivity index (χ0n) is 23.6. The summed E-state index contributed by atoms with van der Waals surface area (Å²) >= 11 is 0. The van der Waals surface area contributed by atoms with Gasteiger partial charge in [-0.25, -0.2) is 0 Å². The summed E-state index contributed by atoms with van der Waals surface area (Å²) < 4.78 is 35.8. The number of hydrogen-bond acceptors (Lipinski definition) is 5. The topological polar surface area (TPSA) is 92.8 Å². The molecule has 3 rings (SSSR count). The van der Waals surface area contributed by atoms with Gasteiger partial charge in [-0.15, -0.1) is 0 Å². The number of nitriles is 1. The zero-order valence-corrected chi connectivity index (χ0v) is 24.6. The Balaban J connectivity index is 2.04. The van der Waals surface area contributed by atoms with Crippen LogP contribution in [0.4, 0.5) is 8.78 Å². The molecule has 2 atom stereocenters. The Hall–Kier alpha value is -3.16. The van der Waals surface area contributed by atoms with Crippen LogP contribution in [0.2, 0.25) is 18.1 Å². The molecule has 1 N–H and O–H groups in total. The van der Waals surface area contributed by atoms with Gasteiger partial charge in [-0.1, -0.05) is 26.8 Å². The number of nitrogens with one attached hydrogen (secondary N) is 1. The average molecular weight is 542 g/mol. The molecule has 0 spiro atoms. The quantitative estimate of drug-likeness (QED) is 0.337. The second kappa shape index (κ2) is 10.2. The second-order valence-corrected chi connectivity index (χ2v) is 16.6. The van der Waals surface area contributed by atoms with E-state index in [9.17, 15) is 18.8 Å². The molecule has 0 bridgehead atoms. The number of fused-ring (bicyclic) bond motifs is 1. The van der Waals surface area contributed by atoms with Crippen LogP contribution in [0, 0.1) is 11.3 Å². The number of rotatable bonds is 8. The van der Waals surface area contributed by atoms with Crippen molar-refractivity contribution < 1.29 is 18.0 Å². The van der Waals surface area contributed by atoms with Crippen molar-refractivity contribution in [3.05, 3.63) is 59.5 Å². The van der Waals surface area contributed by atoms with E-state index in [1.165, 1.54) is 0 Å². The fraction of sp³-hybridized carbons (Fsp3) is 0.500. The number of carbonyl (C=O) groups excluding carboxylic acids is 1. The SMILES string of the molecule is C[C@H](NC(=O)C(C)(F)F)[C@@H](c1ccc(C(C)(C)O[Si](C)(C)C(C)(C)C)nc1)n1ncc2cc(C#N)ccc21. The Morgan fingerprint density at radius 1 is 1.11 bits per heavy atom. The molecular weight excluding hydrogens is 504 g/mol. The van der Waals surface area contributed by atoms with Crippen molar-refractivity contribution in [2.45, 2.75) is 90.2 Å². The van der Waals surface area contributed by atoms with E-state index < -0.39 is 37.8 Å². The number of nitrogens with zero attached hydrogens (tertiary/aromatic N) is 4. The minimum absolute atomic E-state index is 0.0246. The molecule has 0 saturated heterocycles. The first-order valence-corrected chi connectivity index (χ1v) is 15.5. The maximum absolute atomic E-state index is 13.7. The molecule has 10 heteroatoms. The molecule has 3 aromatic rings. The van der Waals surface area contributed by atoms with E-state index >= 15 is 0 Å². The average Bonchev–Trinajstić information content (AvgIpc) is 3.20. The van der Waals surface area contributed by atoms with Crippen molar-refractivity contribution in [1.82, 2.24) is 20.1 Å². The number of halogens is 2. The minimum Gasteiger partial charge on any atom is -0.406 e. The van der Waals surface area contributed by atoms with Gasteiger partial charge in [-0.05, 0) is 68.7 Å². The highest BCUT2D eigenvalue weighted by Crippen LogP contribution is 2.41. The number of aromatic nitrogens is 3. The van der Waals surface area contributed by atoms with Crippen LogP contribution in [0.15, 0.2) is 42.7 Å². The maximum atomic E-state index is 13.7. The number of pyridine rings is 1. The van der Waals surface area contributed by atoms with Gasteiger partial charge in [0.25, 0.3) is 5.91 Å². The van der Waals surface area contributed by atoms with Crippen molar-refractivity contribution in [3.63, 3.8) is 0 Å². The number of hydrogen-bond donors (Lipinski definition) is 1. The third-order valence-corrected chi connectivity index (χ3v) is 11.9. The minimum atomic E-state index is -3.53. The fourth-order valence-corrected chi connectivity index (χ4v) is 5.86. The third-order valence-electron chi connectivity index (χ3n) is 7.28. The molecule has 204 valence electrons. The van der Waals surface area contributed by atoms with Crippen LogP contribution >= 0.6 is 0 Å².